The Labute approximate surface area is 64.5 Å². The lowest BCUT2D eigenvalue weighted by molar-refractivity contribution is 0.233. The summed E-state index contributed by atoms with van der Waals surface area (Å²) in [6, 6.07) is 5.89. The molecule has 11 heavy (non-hydrogen) atoms. The van der Waals surface area contributed by atoms with Crippen molar-refractivity contribution in [1.82, 2.24) is 0 Å². The first-order chi connectivity index (χ1) is 5.25. The molecule has 0 aliphatic rings. The van der Waals surface area contributed by atoms with Gasteiger partial charge in [0.15, 0.2) is 0 Å². The molecular formula is C9H7FO. The maximum Gasteiger partial charge on any atom is 0.142 e. The van der Waals surface area contributed by atoms with E-state index in [1.54, 1.807) is 12.1 Å². The molecule has 0 radical (unpaired) electrons. The second-order valence-corrected chi connectivity index (χ2v) is 2.09. The maximum absolute atomic E-state index is 12.8. The number of hydrogen-bond donors (Lipinski definition) is 1. The summed E-state index contributed by atoms with van der Waals surface area (Å²) < 4.78 is 12.8. The quantitative estimate of drug-likeness (QED) is 0.601. The van der Waals surface area contributed by atoms with Gasteiger partial charge in [-0.15, -0.1) is 6.42 Å². The SMILES string of the molecule is C#CC(O)c1ccccc1F. The van der Waals surface area contributed by atoms with Crippen LogP contribution in [0.15, 0.2) is 24.3 Å². The van der Waals surface area contributed by atoms with Crippen LogP contribution in [0.5, 0.6) is 0 Å². The summed E-state index contributed by atoms with van der Waals surface area (Å²) in [6.45, 7) is 0. The fourth-order valence-corrected chi connectivity index (χ4v) is 0.787. The molecular weight excluding hydrogens is 143 g/mol. The van der Waals surface area contributed by atoms with Gasteiger partial charge in [0.2, 0.25) is 0 Å². The van der Waals surface area contributed by atoms with Crippen LogP contribution in [0.1, 0.15) is 11.7 Å². The molecule has 0 saturated carbocycles. The smallest absolute Gasteiger partial charge is 0.142 e. The average molecular weight is 150 g/mol. The summed E-state index contributed by atoms with van der Waals surface area (Å²) in [4.78, 5) is 0. The van der Waals surface area contributed by atoms with E-state index in [1.807, 2.05) is 5.92 Å². The van der Waals surface area contributed by atoms with Gasteiger partial charge in [0.05, 0.1) is 0 Å². The van der Waals surface area contributed by atoms with Crippen LogP contribution >= 0.6 is 0 Å². The first kappa shape index (κ1) is 7.77. The fraction of sp³-hybridized carbons (Fsp3) is 0.111. The van der Waals surface area contributed by atoms with Gasteiger partial charge in [0.25, 0.3) is 0 Å². The van der Waals surface area contributed by atoms with E-state index in [1.165, 1.54) is 12.1 Å². The van der Waals surface area contributed by atoms with Crippen molar-refractivity contribution in [2.24, 2.45) is 0 Å². The van der Waals surface area contributed by atoms with E-state index in [9.17, 15) is 4.39 Å². The number of benzene rings is 1. The molecule has 0 spiro atoms. The third-order valence-corrected chi connectivity index (χ3v) is 1.36. The van der Waals surface area contributed by atoms with Gasteiger partial charge < -0.3 is 5.11 Å². The highest BCUT2D eigenvalue weighted by atomic mass is 19.1. The molecule has 0 aliphatic heterocycles. The summed E-state index contributed by atoms with van der Waals surface area (Å²) in [5.74, 6) is 1.56. The zero-order valence-corrected chi connectivity index (χ0v) is 5.79. The van der Waals surface area contributed by atoms with Gasteiger partial charge in [-0.1, -0.05) is 24.1 Å². The molecule has 1 nitrogen and oxygen atoms in total. The van der Waals surface area contributed by atoms with Crippen LogP contribution in [0.25, 0.3) is 0 Å². The predicted octanol–water partition coefficient (Wildman–Crippen LogP) is 1.49. The first-order valence-electron chi connectivity index (χ1n) is 3.14. The molecule has 0 bridgehead atoms. The van der Waals surface area contributed by atoms with Crippen molar-refractivity contribution in [2.75, 3.05) is 0 Å². The van der Waals surface area contributed by atoms with Crippen LogP contribution in [-0.4, -0.2) is 5.11 Å². The lowest BCUT2D eigenvalue weighted by atomic mass is 10.1. The van der Waals surface area contributed by atoms with Crippen molar-refractivity contribution in [3.05, 3.63) is 35.6 Å². The van der Waals surface area contributed by atoms with E-state index in [2.05, 4.69) is 0 Å². The zero-order chi connectivity index (χ0) is 8.27. The highest BCUT2D eigenvalue weighted by Gasteiger charge is 2.07. The first-order valence-corrected chi connectivity index (χ1v) is 3.14. The standard InChI is InChI=1S/C9H7FO/c1-2-9(11)7-5-3-4-6-8(7)10/h1,3-6,9,11H. The van der Waals surface area contributed by atoms with E-state index >= 15 is 0 Å². The molecule has 1 unspecified atom stereocenters. The Morgan fingerprint density at radius 1 is 1.45 bits per heavy atom. The number of hydrogen-bond acceptors (Lipinski definition) is 1. The van der Waals surface area contributed by atoms with E-state index in [4.69, 9.17) is 11.5 Å². The molecule has 1 rings (SSSR count). The van der Waals surface area contributed by atoms with Crippen molar-refractivity contribution in [3.63, 3.8) is 0 Å². The van der Waals surface area contributed by atoms with Gasteiger partial charge in [-0.2, -0.15) is 0 Å². The summed E-state index contributed by atoms with van der Waals surface area (Å²) in [5.41, 5.74) is 0.148. The minimum absolute atomic E-state index is 0.148. The number of aliphatic hydroxyl groups is 1. The van der Waals surface area contributed by atoms with Gasteiger partial charge in [-0.05, 0) is 6.07 Å². The maximum atomic E-state index is 12.8. The summed E-state index contributed by atoms with van der Waals surface area (Å²) in [6.07, 6.45) is 3.76. The predicted molar refractivity (Wildman–Crippen MR) is 40.2 cm³/mol. The Hall–Kier alpha value is -1.33. The van der Waals surface area contributed by atoms with Gasteiger partial charge in [-0.3, -0.25) is 0 Å². The number of terminal acetylenes is 1. The van der Waals surface area contributed by atoms with E-state index in [-0.39, 0.29) is 5.56 Å². The molecule has 2 heteroatoms. The average Bonchev–Trinajstić information content (AvgIpc) is 2.04. The number of aliphatic hydroxyl groups excluding tert-OH is 1. The molecule has 56 valence electrons. The summed E-state index contributed by atoms with van der Waals surface area (Å²) in [5, 5.41) is 9.03. The topological polar surface area (TPSA) is 20.2 Å². The normalized spacial score (nSPS) is 12.1. The van der Waals surface area contributed by atoms with E-state index < -0.39 is 11.9 Å². The number of halogens is 1. The van der Waals surface area contributed by atoms with Crippen LogP contribution in [-0.2, 0) is 0 Å². The van der Waals surface area contributed by atoms with Gasteiger partial charge in [0, 0.05) is 5.56 Å². The molecule has 1 aromatic rings. The largest absolute Gasteiger partial charge is 0.376 e. The lowest BCUT2D eigenvalue weighted by Gasteiger charge is -2.03. The zero-order valence-electron chi connectivity index (χ0n) is 5.79. The Kier molecular flexibility index (Phi) is 2.25. The Morgan fingerprint density at radius 3 is 2.64 bits per heavy atom. The Morgan fingerprint density at radius 2 is 2.09 bits per heavy atom. The molecule has 0 fully saturated rings. The molecule has 1 aromatic carbocycles. The van der Waals surface area contributed by atoms with E-state index in [0.717, 1.165) is 0 Å². The van der Waals surface area contributed by atoms with E-state index in [0.29, 0.717) is 0 Å². The van der Waals surface area contributed by atoms with Crippen LogP contribution in [0.4, 0.5) is 4.39 Å². The molecule has 0 aromatic heterocycles. The summed E-state index contributed by atoms with van der Waals surface area (Å²) >= 11 is 0. The second kappa shape index (κ2) is 3.18. The molecule has 0 amide bonds. The lowest BCUT2D eigenvalue weighted by Crippen LogP contribution is -1.96. The van der Waals surface area contributed by atoms with Crippen molar-refractivity contribution < 1.29 is 9.50 Å². The van der Waals surface area contributed by atoms with Crippen LogP contribution in [0.3, 0.4) is 0 Å². The van der Waals surface area contributed by atoms with Gasteiger partial charge >= 0.3 is 0 Å². The van der Waals surface area contributed by atoms with Gasteiger partial charge in [0.1, 0.15) is 11.9 Å². The third kappa shape index (κ3) is 1.57. The van der Waals surface area contributed by atoms with Crippen LogP contribution in [0.2, 0.25) is 0 Å². The summed E-state index contributed by atoms with van der Waals surface area (Å²) in [7, 11) is 0. The van der Waals surface area contributed by atoms with Gasteiger partial charge in [-0.25, -0.2) is 4.39 Å². The molecule has 0 aliphatic carbocycles. The molecule has 1 N–H and O–H groups in total. The fourth-order valence-electron chi connectivity index (χ4n) is 0.787. The molecule has 0 heterocycles. The Balaban J connectivity index is 3.05. The number of rotatable bonds is 1. The van der Waals surface area contributed by atoms with Crippen molar-refractivity contribution in [1.29, 1.82) is 0 Å². The minimum Gasteiger partial charge on any atom is -0.376 e. The second-order valence-electron chi connectivity index (χ2n) is 2.09. The van der Waals surface area contributed by atoms with Crippen molar-refractivity contribution in [2.45, 2.75) is 6.10 Å². The minimum atomic E-state index is -1.14. The third-order valence-electron chi connectivity index (χ3n) is 1.36. The highest BCUT2D eigenvalue weighted by Crippen LogP contribution is 2.14. The molecule has 0 saturated heterocycles. The molecule has 1 atom stereocenters. The Bertz CT molecular complexity index is 288. The van der Waals surface area contributed by atoms with Crippen LogP contribution in [0, 0.1) is 18.2 Å². The monoisotopic (exact) mass is 150 g/mol. The van der Waals surface area contributed by atoms with Crippen molar-refractivity contribution >= 4 is 0 Å². The van der Waals surface area contributed by atoms with Crippen molar-refractivity contribution in [3.8, 4) is 12.3 Å². The van der Waals surface area contributed by atoms with Crippen LogP contribution < -0.4 is 0 Å². The highest BCUT2D eigenvalue weighted by molar-refractivity contribution is 5.24.